The zero-order chi connectivity index (χ0) is 14.3. The number of rotatable bonds is 3. The molecule has 2 aromatic heterocycles. The molecule has 0 aliphatic heterocycles. The summed E-state index contributed by atoms with van der Waals surface area (Å²) in [5.41, 5.74) is 2.52. The third-order valence-electron chi connectivity index (χ3n) is 2.91. The third kappa shape index (κ3) is 2.03. The normalized spacial score (nSPS) is 11.9. The molecule has 104 valence electrons. The molecule has 0 fully saturated rings. The van der Waals surface area contributed by atoms with Gasteiger partial charge in [0, 0.05) is 6.07 Å². The summed E-state index contributed by atoms with van der Waals surface area (Å²) in [5.74, 6) is 0. The number of sulfonamides is 1. The van der Waals surface area contributed by atoms with Crippen LogP contribution in [-0.4, -0.2) is 23.6 Å². The molecule has 0 radical (unpaired) electrons. The monoisotopic (exact) mass is 292 g/mol. The maximum Gasteiger partial charge on any atom is 0.265 e. The van der Waals surface area contributed by atoms with Crippen molar-refractivity contribution in [2.75, 3.05) is 4.72 Å². The molecule has 0 saturated carbocycles. The first kappa shape index (κ1) is 12.7. The maximum atomic E-state index is 12.4. The quantitative estimate of drug-likeness (QED) is 0.768. The fourth-order valence-electron chi connectivity index (χ4n) is 2.06. The van der Waals surface area contributed by atoms with Crippen molar-refractivity contribution < 1.29 is 12.8 Å². The van der Waals surface area contributed by atoms with Crippen LogP contribution >= 0.6 is 0 Å². The summed E-state index contributed by atoms with van der Waals surface area (Å²) in [4.78, 5) is 4.14. The Kier molecular flexibility index (Phi) is 2.75. The number of aromatic nitrogens is 3. The second-order valence-corrected chi connectivity index (χ2v) is 6.02. The average molecular weight is 292 g/mol. The van der Waals surface area contributed by atoms with Crippen LogP contribution in [0.15, 0.2) is 33.9 Å². The van der Waals surface area contributed by atoms with Crippen molar-refractivity contribution in [3.63, 3.8) is 0 Å². The molecule has 0 aliphatic carbocycles. The van der Waals surface area contributed by atoms with E-state index < -0.39 is 10.0 Å². The summed E-state index contributed by atoms with van der Waals surface area (Å²) in [5, 5.41) is 6.55. The van der Waals surface area contributed by atoms with Crippen LogP contribution in [0.5, 0.6) is 0 Å². The fourth-order valence-corrected chi connectivity index (χ4v) is 3.48. The van der Waals surface area contributed by atoms with E-state index in [2.05, 4.69) is 19.9 Å². The highest BCUT2D eigenvalue weighted by Crippen LogP contribution is 2.23. The van der Waals surface area contributed by atoms with Gasteiger partial charge in [0.15, 0.2) is 12.0 Å². The smallest absolute Gasteiger partial charge is 0.265 e. The van der Waals surface area contributed by atoms with E-state index in [0.717, 1.165) is 0 Å². The third-order valence-corrected chi connectivity index (χ3v) is 4.56. The molecule has 0 unspecified atom stereocenters. The summed E-state index contributed by atoms with van der Waals surface area (Å²) in [6.45, 7) is 3.30. The minimum atomic E-state index is -3.69. The lowest BCUT2D eigenvalue weighted by Gasteiger charge is -2.07. The fraction of sp³-hybridized carbons (Fsp3) is 0.167. The van der Waals surface area contributed by atoms with Crippen molar-refractivity contribution in [1.29, 1.82) is 0 Å². The Morgan fingerprint density at radius 1 is 1.30 bits per heavy atom. The lowest BCUT2D eigenvalue weighted by atomic mass is 10.3. The van der Waals surface area contributed by atoms with Gasteiger partial charge in [0.25, 0.3) is 10.0 Å². The van der Waals surface area contributed by atoms with Crippen molar-refractivity contribution in [3.8, 4) is 0 Å². The van der Waals surface area contributed by atoms with E-state index in [0.29, 0.717) is 28.2 Å². The Morgan fingerprint density at radius 3 is 2.80 bits per heavy atom. The van der Waals surface area contributed by atoms with Crippen LogP contribution in [0.4, 0.5) is 5.69 Å². The van der Waals surface area contributed by atoms with Gasteiger partial charge in [-0.2, -0.15) is 5.10 Å². The number of nitrogens with zero attached hydrogens (tertiary/aromatic N) is 2. The molecule has 3 rings (SSSR count). The molecule has 0 aliphatic rings. The molecular weight excluding hydrogens is 280 g/mol. The molecule has 0 atom stereocenters. The second-order valence-electron chi connectivity index (χ2n) is 4.40. The van der Waals surface area contributed by atoms with Crippen LogP contribution in [0.25, 0.3) is 11.1 Å². The number of hydrogen-bond donors (Lipinski definition) is 2. The van der Waals surface area contributed by atoms with Gasteiger partial charge in [-0.25, -0.2) is 13.4 Å². The van der Waals surface area contributed by atoms with Gasteiger partial charge in [-0.15, -0.1) is 0 Å². The van der Waals surface area contributed by atoms with E-state index in [-0.39, 0.29) is 4.90 Å². The van der Waals surface area contributed by atoms with Crippen LogP contribution in [0.3, 0.4) is 0 Å². The average Bonchev–Trinajstić information content (AvgIpc) is 2.95. The Morgan fingerprint density at radius 2 is 2.10 bits per heavy atom. The van der Waals surface area contributed by atoms with E-state index in [9.17, 15) is 8.42 Å². The van der Waals surface area contributed by atoms with Gasteiger partial charge in [0.05, 0.1) is 17.1 Å². The van der Waals surface area contributed by atoms with E-state index in [4.69, 9.17) is 4.42 Å². The number of benzene rings is 1. The zero-order valence-electron chi connectivity index (χ0n) is 10.8. The van der Waals surface area contributed by atoms with Crippen molar-refractivity contribution in [2.24, 2.45) is 0 Å². The highest BCUT2D eigenvalue weighted by atomic mass is 32.2. The van der Waals surface area contributed by atoms with Crippen LogP contribution in [0, 0.1) is 13.8 Å². The number of hydrogen-bond acceptors (Lipinski definition) is 5. The summed E-state index contributed by atoms with van der Waals surface area (Å²) >= 11 is 0. The number of aromatic amines is 1. The first-order valence-electron chi connectivity index (χ1n) is 5.85. The Labute approximate surface area is 115 Å². The molecule has 8 heteroatoms. The molecule has 0 amide bonds. The van der Waals surface area contributed by atoms with Crippen molar-refractivity contribution >= 4 is 26.8 Å². The first-order valence-corrected chi connectivity index (χ1v) is 7.33. The molecule has 20 heavy (non-hydrogen) atoms. The summed E-state index contributed by atoms with van der Waals surface area (Å²) in [6.07, 6.45) is 1.31. The first-order chi connectivity index (χ1) is 9.47. The van der Waals surface area contributed by atoms with Gasteiger partial charge < -0.3 is 4.42 Å². The van der Waals surface area contributed by atoms with Crippen molar-refractivity contribution in [1.82, 2.24) is 15.2 Å². The Hall–Kier alpha value is -2.35. The van der Waals surface area contributed by atoms with E-state index in [1.54, 1.807) is 32.0 Å². The number of oxazole rings is 1. The lowest BCUT2D eigenvalue weighted by molar-refractivity contribution is 0.600. The maximum absolute atomic E-state index is 12.4. The van der Waals surface area contributed by atoms with Crippen molar-refractivity contribution in [2.45, 2.75) is 18.7 Å². The van der Waals surface area contributed by atoms with Gasteiger partial charge in [-0.1, -0.05) is 0 Å². The predicted molar refractivity (Wildman–Crippen MR) is 72.9 cm³/mol. The zero-order valence-corrected chi connectivity index (χ0v) is 11.7. The van der Waals surface area contributed by atoms with Crippen LogP contribution < -0.4 is 4.72 Å². The molecule has 0 bridgehead atoms. The van der Waals surface area contributed by atoms with Gasteiger partial charge in [0.2, 0.25) is 0 Å². The summed E-state index contributed by atoms with van der Waals surface area (Å²) in [6, 6.07) is 4.91. The highest BCUT2D eigenvalue weighted by Gasteiger charge is 2.22. The predicted octanol–water partition coefficient (Wildman–Crippen LogP) is 1.97. The highest BCUT2D eigenvalue weighted by molar-refractivity contribution is 7.92. The molecule has 7 nitrogen and oxygen atoms in total. The summed E-state index contributed by atoms with van der Waals surface area (Å²) < 4.78 is 32.4. The van der Waals surface area contributed by atoms with Gasteiger partial charge in [-0.3, -0.25) is 9.82 Å². The molecule has 1 aromatic carbocycles. The molecule has 3 aromatic rings. The molecular formula is C12H12N4O3S. The van der Waals surface area contributed by atoms with E-state index in [1.165, 1.54) is 6.39 Å². The number of fused-ring (bicyclic) bond motifs is 1. The van der Waals surface area contributed by atoms with Crippen LogP contribution in [-0.2, 0) is 10.0 Å². The Balaban J connectivity index is 2.01. The van der Waals surface area contributed by atoms with Gasteiger partial charge in [0.1, 0.15) is 10.4 Å². The van der Waals surface area contributed by atoms with Gasteiger partial charge >= 0.3 is 0 Å². The number of aryl methyl sites for hydroxylation is 2. The molecule has 2 N–H and O–H groups in total. The van der Waals surface area contributed by atoms with Gasteiger partial charge in [-0.05, 0) is 26.0 Å². The largest absolute Gasteiger partial charge is 0.443 e. The summed E-state index contributed by atoms with van der Waals surface area (Å²) in [7, 11) is -3.69. The number of anilines is 1. The van der Waals surface area contributed by atoms with E-state index >= 15 is 0 Å². The number of H-pyrrole nitrogens is 1. The van der Waals surface area contributed by atoms with Crippen molar-refractivity contribution in [3.05, 3.63) is 36.0 Å². The molecule has 0 saturated heterocycles. The standard InChI is InChI=1S/C12H12N4O3S/c1-7-12(8(2)15-14-7)20(17,18)16-9-3-4-10-11(5-9)19-6-13-10/h3-6,16H,1-2H3,(H,14,15). The minimum Gasteiger partial charge on any atom is -0.443 e. The van der Waals surface area contributed by atoms with Crippen LogP contribution in [0.1, 0.15) is 11.4 Å². The Bertz CT molecular complexity index is 860. The second kappa shape index (κ2) is 4.34. The lowest BCUT2D eigenvalue weighted by Crippen LogP contribution is -2.14. The molecule has 2 heterocycles. The molecule has 0 spiro atoms. The SMILES string of the molecule is Cc1n[nH]c(C)c1S(=O)(=O)Nc1ccc2ncoc2c1. The number of nitrogens with one attached hydrogen (secondary N) is 2. The van der Waals surface area contributed by atoms with E-state index in [1.807, 2.05) is 0 Å². The van der Waals surface area contributed by atoms with Crippen LogP contribution in [0.2, 0.25) is 0 Å². The topological polar surface area (TPSA) is 101 Å². The minimum absolute atomic E-state index is 0.162.